The van der Waals surface area contributed by atoms with Gasteiger partial charge in [-0.05, 0) is 41.0 Å². The van der Waals surface area contributed by atoms with Gasteiger partial charge in [-0.1, -0.05) is 6.92 Å². The highest BCUT2D eigenvalue weighted by Crippen LogP contribution is 2.21. The molecule has 0 aliphatic carbocycles. The quantitative estimate of drug-likeness (QED) is 0.830. The smallest absolute Gasteiger partial charge is 0.297 e. The molecule has 0 spiro atoms. The summed E-state index contributed by atoms with van der Waals surface area (Å²) in [6.07, 6.45) is 0.393. The monoisotopic (exact) mass is 340 g/mol. The van der Waals surface area contributed by atoms with Crippen LogP contribution in [0.2, 0.25) is 0 Å². The third kappa shape index (κ3) is 2.94. The third-order valence-electron chi connectivity index (χ3n) is 3.50. The van der Waals surface area contributed by atoms with Crippen LogP contribution in [0.5, 0.6) is 0 Å². The van der Waals surface area contributed by atoms with Gasteiger partial charge < -0.3 is 14.8 Å². The lowest BCUT2D eigenvalue weighted by atomic mass is 10.0. The first-order valence-electron chi connectivity index (χ1n) is 6.74. The zero-order valence-corrected chi connectivity index (χ0v) is 12.8. The Morgan fingerprint density at radius 3 is 3.10 bits per heavy atom. The third-order valence-corrected chi connectivity index (χ3v) is 3.94. The first-order chi connectivity index (χ1) is 9.64. The Labute approximate surface area is 125 Å². The van der Waals surface area contributed by atoms with Gasteiger partial charge in [0, 0.05) is 19.1 Å². The van der Waals surface area contributed by atoms with Crippen LogP contribution in [0.3, 0.4) is 0 Å². The Morgan fingerprint density at radius 2 is 2.30 bits per heavy atom. The van der Waals surface area contributed by atoms with Gasteiger partial charge in [0.2, 0.25) is 5.65 Å². The van der Waals surface area contributed by atoms with Gasteiger partial charge in [-0.25, -0.2) is 4.98 Å². The number of hydrogen-bond donors (Lipinski definition) is 2. The van der Waals surface area contributed by atoms with Crippen molar-refractivity contribution in [1.82, 2.24) is 14.9 Å². The Morgan fingerprint density at radius 1 is 1.45 bits per heavy atom. The van der Waals surface area contributed by atoms with Crippen LogP contribution in [0.25, 0.3) is 11.2 Å². The predicted octanol–water partition coefficient (Wildman–Crippen LogP) is 1.85. The highest BCUT2D eigenvalue weighted by atomic mass is 79.9. The number of aromatic nitrogens is 2. The summed E-state index contributed by atoms with van der Waals surface area (Å²) in [4.78, 5) is 10.8. The van der Waals surface area contributed by atoms with E-state index in [9.17, 15) is 5.11 Å². The van der Waals surface area contributed by atoms with Crippen molar-refractivity contribution in [2.45, 2.75) is 25.5 Å². The number of β-amino-alcohol motifs (C(OH)–C–C–N with tert-alkyl or cyclic N) is 1. The predicted molar refractivity (Wildman–Crippen MR) is 79.7 cm³/mol. The normalized spacial score (nSPS) is 24.1. The van der Waals surface area contributed by atoms with Crippen molar-refractivity contribution in [3.8, 4) is 0 Å². The average molecular weight is 341 g/mol. The number of piperidine rings is 1. The van der Waals surface area contributed by atoms with Crippen molar-refractivity contribution in [2.75, 3.05) is 25.0 Å². The molecule has 20 heavy (non-hydrogen) atoms. The molecule has 108 valence electrons. The fraction of sp³-hybridized carbons (Fsp3) is 0.538. The topological polar surface area (TPSA) is 74.4 Å². The summed E-state index contributed by atoms with van der Waals surface area (Å²) >= 11 is 3.31. The molecular formula is C13H17BrN4O2. The number of aliphatic hydroxyl groups is 1. The summed E-state index contributed by atoms with van der Waals surface area (Å²) < 4.78 is 6.36. The molecule has 1 aliphatic heterocycles. The molecule has 6 nitrogen and oxygen atoms in total. The summed E-state index contributed by atoms with van der Waals surface area (Å²) in [5.74, 6) is 0. The minimum atomic E-state index is -0.308. The number of nitrogens with one attached hydrogen (secondary N) is 1. The van der Waals surface area contributed by atoms with Crippen LogP contribution in [0.4, 0.5) is 6.01 Å². The summed E-state index contributed by atoms with van der Waals surface area (Å²) in [6, 6.07) is 4.25. The zero-order valence-electron chi connectivity index (χ0n) is 11.2. The lowest BCUT2D eigenvalue weighted by Gasteiger charge is -2.34. The summed E-state index contributed by atoms with van der Waals surface area (Å²) in [5.41, 5.74) is 1.23. The van der Waals surface area contributed by atoms with Crippen LogP contribution >= 0.6 is 15.9 Å². The van der Waals surface area contributed by atoms with Crippen molar-refractivity contribution in [3.05, 3.63) is 16.7 Å². The largest absolute Gasteiger partial charge is 0.422 e. The number of pyridine rings is 1. The van der Waals surface area contributed by atoms with Crippen LogP contribution < -0.4 is 5.32 Å². The molecule has 2 aromatic rings. The van der Waals surface area contributed by atoms with Gasteiger partial charge in [-0.2, -0.15) is 4.98 Å². The summed E-state index contributed by atoms with van der Waals surface area (Å²) in [7, 11) is 0. The van der Waals surface area contributed by atoms with E-state index >= 15 is 0 Å². The van der Waals surface area contributed by atoms with E-state index < -0.39 is 0 Å². The number of halogens is 1. The van der Waals surface area contributed by atoms with Gasteiger partial charge in [0.1, 0.15) is 4.60 Å². The van der Waals surface area contributed by atoms with Crippen molar-refractivity contribution in [1.29, 1.82) is 0 Å². The number of aliphatic hydroxyl groups excluding tert-OH is 1. The molecule has 3 rings (SSSR count). The number of fused-ring (bicyclic) bond motifs is 1. The van der Waals surface area contributed by atoms with Crippen molar-refractivity contribution < 1.29 is 9.52 Å². The second kappa shape index (κ2) is 5.67. The molecule has 2 atom stereocenters. The van der Waals surface area contributed by atoms with Crippen LogP contribution in [-0.4, -0.2) is 51.8 Å². The van der Waals surface area contributed by atoms with Gasteiger partial charge in [-0.3, -0.25) is 4.90 Å². The molecule has 0 amide bonds. The first-order valence-corrected chi connectivity index (χ1v) is 7.53. The Kier molecular flexibility index (Phi) is 3.91. The molecule has 2 N–H and O–H groups in total. The van der Waals surface area contributed by atoms with Crippen molar-refractivity contribution in [2.24, 2.45) is 0 Å². The Balaban J connectivity index is 1.75. The maximum absolute atomic E-state index is 9.88. The van der Waals surface area contributed by atoms with Crippen LogP contribution in [-0.2, 0) is 0 Å². The molecule has 0 radical (unpaired) electrons. The van der Waals surface area contributed by atoms with E-state index in [4.69, 9.17) is 4.42 Å². The van der Waals surface area contributed by atoms with Gasteiger partial charge in [0.25, 0.3) is 6.01 Å². The number of likely N-dealkylation sites (tertiary alicyclic amines) is 1. The molecule has 2 aromatic heterocycles. The molecule has 3 heterocycles. The highest BCUT2D eigenvalue weighted by Gasteiger charge is 2.26. The van der Waals surface area contributed by atoms with E-state index in [1.54, 1.807) is 0 Å². The van der Waals surface area contributed by atoms with Gasteiger partial charge in [-0.15, -0.1) is 0 Å². The van der Waals surface area contributed by atoms with Crippen LogP contribution in [0.1, 0.15) is 13.3 Å². The number of likely N-dealkylation sites (N-methyl/N-ethyl adjacent to an activating group) is 1. The van der Waals surface area contributed by atoms with Gasteiger partial charge in [0.15, 0.2) is 5.58 Å². The van der Waals surface area contributed by atoms with Crippen molar-refractivity contribution >= 4 is 33.2 Å². The maximum Gasteiger partial charge on any atom is 0.297 e. The molecule has 1 unspecified atom stereocenters. The average Bonchev–Trinajstić information content (AvgIpc) is 2.79. The van der Waals surface area contributed by atoms with E-state index in [1.807, 2.05) is 12.1 Å². The fourth-order valence-corrected chi connectivity index (χ4v) is 2.86. The minimum absolute atomic E-state index is 0.134. The lowest BCUT2D eigenvalue weighted by Crippen LogP contribution is -2.48. The Bertz CT molecular complexity index is 603. The number of oxazole rings is 1. The Hall–Kier alpha value is -1.18. The number of anilines is 1. The van der Waals surface area contributed by atoms with Crippen LogP contribution in [0, 0.1) is 0 Å². The zero-order chi connectivity index (χ0) is 14.1. The molecular weight excluding hydrogens is 324 g/mol. The number of rotatable bonds is 3. The molecule has 1 saturated heterocycles. The van der Waals surface area contributed by atoms with Crippen molar-refractivity contribution in [3.63, 3.8) is 0 Å². The molecule has 0 saturated carbocycles. The lowest BCUT2D eigenvalue weighted by molar-refractivity contribution is 0.0667. The van der Waals surface area contributed by atoms with E-state index in [2.05, 4.69) is 43.0 Å². The number of hydrogen-bond acceptors (Lipinski definition) is 6. The van der Waals surface area contributed by atoms with E-state index in [0.29, 0.717) is 23.7 Å². The fourth-order valence-electron chi connectivity index (χ4n) is 2.56. The molecule has 1 fully saturated rings. The molecule has 0 bridgehead atoms. The second-order valence-corrected chi connectivity index (χ2v) is 5.87. The standard InChI is InChI=1S/C13H17BrN4O2/c1-2-18-6-8(5-9(19)7-18)15-13-17-12-10(20-13)3-4-11(14)16-12/h3-4,8-9,19H,2,5-7H2,1H3,(H,15,16,17)/t8?,9-/m1/s1. The van der Waals surface area contributed by atoms with E-state index in [0.717, 1.165) is 24.2 Å². The molecule has 0 aromatic carbocycles. The minimum Gasteiger partial charge on any atom is -0.422 e. The van der Waals surface area contributed by atoms with Gasteiger partial charge in [0.05, 0.1) is 6.10 Å². The maximum atomic E-state index is 9.88. The highest BCUT2D eigenvalue weighted by molar-refractivity contribution is 9.10. The van der Waals surface area contributed by atoms with Gasteiger partial charge >= 0.3 is 0 Å². The summed E-state index contributed by atoms with van der Waals surface area (Å²) in [6.45, 7) is 4.63. The molecule has 1 aliphatic rings. The van der Waals surface area contributed by atoms with E-state index in [-0.39, 0.29) is 12.1 Å². The number of nitrogens with zero attached hydrogens (tertiary/aromatic N) is 3. The van der Waals surface area contributed by atoms with E-state index in [1.165, 1.54) is 0 Å². The SMILES string of the molecule is CCN1CC(Nc2nc3nc(Br)ccc3o2)C[C@@H](O)C1. The van der Waals surface area contributed by atoms with Crippen LogP contribution in [0.15, 0.2) is 21.2 Å². The first kappa shape index (κ1) is 13.8. The second-order valence-electron chi connectivity index (χ2n) is 5.06. The molecule has 7 heteroatoms. The summed E-state index contributed by atoms with van der Waals surface area (Å²) in [5, 5.41) is 13.1.